The molecule has 1 aliphatic rings. The van der Waals surface area contributed by atoms with Crippen LogP contribution in [0.15, 0.2) is 79.0 Å². The molecule has 0 saturated carbocycles. The standard InChI is InChI=1S/C29H27F2N5O2/c1-36-15-13-22-25(29(36)38)27(33-20-10-6-3-7-11-20)26(34-22)19-12-14-32-24(16-19)35-28(37)21(17-23(30)31)18-8-4-2-5-9-18/h2-12,14,16,21,23,33-34H,13,15,17H2,1H3,(H,32,35,37). The van der Waals surface area contributed by atoms with Gasteiger partial charge in [-0.25, -0.2) is 13.8 Å². The summed E-state index contributed by atoms with van der Waals surface area (Å²) in [6.07, 6.45) is -1.03. The molecule has 0 spiro atoms. The second-order valence-corrected chi connectivity index (χ2v) is 9.21. The summed E-state index contributed by atoms with van der Waals surface area (Å²) in [5.74, 6) is -1.45. The van der Waals surface area contributed by atoms with E-state index in [0.717, 1.165) is 11.4 Å². The Labute approximate surface area is 218 Å². The Morgan fingerprint density at radius 2 is 1.79 bits per heavy atom. The number of likely N-dealkylation sites (N-methyl/N-ethyl adjacent to an activating group) is 1. The quantitative estimate of drug-likeness (QED) is 0.276. The minimum Gasteiger partial charge on any atom is -0.356 e. The van der Waals surface area contributed by atoms with Crippen molar-refractivity contribution in [2.45, 2.75) is 25.2 Å². The van der Waals surface area contributed by atoms with Gasteiger partial charge >= 0.3 is 0 Å². The SMILES string of the molecule is CN1CCc2[nH]c(-c3ccnc(NC(=O)C(CC(F)F)c4ccccc4)c3)c(Nc3ccccc3)c2C1=O. The van der Waals surface area contributed by atoms with Crippen molar-refractivity contribution in [1.82, 2.24) is 14.9 Å². The van der Waals surface area contributed by atoms with Crippen molar-refractivity contribution in [3.63, 3.8) is 0 Å². The van der Waals surface area contributed by atoms with Gasteiger partial charge in [0.1, 0.15) is 5.82 Å². The Hall–Kier alpha value is -4.53. The molecular formula is C29H27F2N5O2. The Kier molecular flexibility index (Phi) is 7.17. The van der Waals surface area contributed by atoms with Crippen LogP contribution in [0.4, 0.5) is 26.0 Å². The van der Waals surface area contributed by atoms with Crippen LogP contribution in [0, 0.1) is 0 Å². The van der Waals surface area contributed by atoms with E-state index in [4.69, 9.17) is 0 Å². The summed E-state index contributed by atoms with van der Waals surface area (Å²) in [5, 5.41) is 6.09. The number of aromatic nitrogens is 2. The number of amides is 2. The summed E-state index contributed by atoms with van der Waals surface area (Å²) >= 11 is 0. The third kappa shape index (κ3) is 5.27. The number of hydrogen-bond acceptors (Lipinski definition) is 4. The number of fused-ring (bicyclic) bond motifs is 1. The van der Waals surface area contributed by atoms with Gasteiger partial charge in [0.25, 0.3) is 5.91 Å². The van der Waals surface area contributed by atoms with Crippen LogP contribution >= 0.6 is 0 Å². The summed E-state index contributed by atoms with van der Waals surface area (Å²) in [5.41, 5.74) is 4.71. The lowest BCUT2D eigenvalue weighted by molar-refractivity contribution is -0.118. The van der Waals surface area contributed by atoms with E-state index in [0.29, 0.717) is 41.0 Å². The number of halogens is 2. The summed E-state index contributed by atoms with van der Waals surface area (Å²) in [6.45, 7) is 0.596. The highest BCUT2D eigenvalue weighted by molar-refractivity contribution is 6.06. The van der Waals surface area contributed by atoms with Gasteiger partial charge in [-0.1, -0.05) is 48.5 Å². The number of aromatic amines is 1. The number of nitrogens with zero attached hydrogens (tertiary/aromatic N) is 2. The van der Waals surface area contributed by atoms with Gasteiger partial charge in [0, 0.05) is 49.6 Å². The lowest BCUT2D eigenvalue weighted by Gasteiger charge is -2.23. The van der Waals surface area contributed by atoms with Crippen molar-refractivity contribution in [3.05, 3.63) is 95.8 Å². The second kappa shape index (κ2) is 10.8. The third-order valence-corrected chi connectivity index (χ3v) is 6.61. The number of carbonyl (C=O) groups excluding carboxylic acids is 2. The second-order valence-electron chi connectivity index (χ2n) is 9.21. The van der Waals surface area contributed by atoms with Crippen molar-refractivity contribution in [2.24, 2.45) is 0 Å². The molecule has 38 heavy (non-hydrogen) atoms. The zero-order valence-corrected chi connectivity index (χ0v) is 20.7. The molecule has 3 N–H and O–H groups in total. The van der Waals surface area contributed by atoms with Crippen LogP contribution < -0.4 is 10.6 Å². The maximum atomic E-state index is 13.3. The molecule has 0 radical (unpaired) electrons. The number of hydrogen-bond donors (Lipinski definition) is 3. The van der Waals surface area contributed by atoms with Crippen molar-refractivity contribution in [2.75, 3.05) is 24.2 Å². The van der Waals surface area contributed by atoms with Crippen LogP contribution in [-0.4, -0.2) is 46.7 Å². The molecule has 1 unspecified atom stereocenters. The lowest BCUT2D eigenvalue weighted by atomic mass is 9.95. The molecule has 3 heterocycles. The van der Waals surface area contributed by atoms with Gasteiger partial charge in [-0.15, -0.1) is 0 Å². The highest BCUT2D eigenvalue weighted by Gasteiger charge is 2.30. The molecular weight excluding hydrogens is 488 g/mol. The van der Waals surface area contributed by atoms with E-state index in [1.807, 2.05) is 30.3 Å². The van der Waals surface area contributed by atoms with Crippen molar-refractivity contribution < 1.29 is 18.4 Å². The van der Waals surface area contributed by atoms with E-state index < -0.39 is 24.7 Å². The molecule has 194 valence electrons. The maximum absolute atomic E-state index is 13.3. The fraction of sp³-hybridized carbons (Fsp3) is 0.207. The minimum absolute atomic E-state index is 0.0903. The van der Waals surface area contributed by atoms with E-state index in [1.54, 1.807) is 54.4 Å². The normalized spacial score (nSPS) is 13.8. The average Bonchev–Trinajstić information content (AvgIpc) is 3.29. The Balaban J connectivity index is 1.49. The van der Waals surface area contributed by atoms with Gasteiger partial charge in [0.15, 0.2) is 0 Å². The molecule has 7 nitrogen and oxygen atoms in total. The van der Waals surface area contributed by atoms with Gasteiger partial charge in [-0.2, -0.15) is 0 Å². The van der Waals surface area contributed by atoms with E-state index in [-0.39, 0.29) is 11.7 Å². The summed E-state index contributed by atoms with van der Waals surface area (Å²) in [6, 6.07) is 21.5. The molecule has 4 aromatic rings. The molecule has 2 aromatic heterocycles. The van der Waals surface area contributed by atoms with Crippen LogP contribution in [0.25, 0.3) is 11.3 Å². The van der Waals surface area contributed by atoms with Crippen LogP contribution in [0.1, 0.15) is 34.0 Å². The average molecular weight is 516 g/mol. The van der Waals surface area contributed by atoms with E-state index in [1.165, 1.54) is 6.20 Å². The molecule has 2 amide bonds. The predicted octanol–water partition coefficient (Wildman–Crippen LogP) is 5.83. The highest BCUT2D eigenvalue weighted by Crippen LogP contribution is 2.38. The number of carbonyl (C=O) groups is 2. The first-order chi connectivity index (χ1) is 18.4. The fourth-order valence-electron chi connectivity index (χ4n) is 4.68. The van der Waals surface area contributed by atoms with E-state index in [9.17, 15) is 18.4 Å². The van der Waals surface area contributed by atoms with E-state index in [2.05, 4.69) is 20.6 Å². The van der Waals surface area contributed by atoms with Crippen LogP contribution in [0.3, 0.4) is 0 Å². The number of anilines is 3. The summed E-state index contributed by atoms with van der Waals surface area (Å²) in [7, 11) is 1.77. The van der Waals surface area contributed by atoms with Gasteiger partial charge in [-0.05, 0) is 29.8 Å². The molecule has 9 heteroatoms. The van der Waals surface area contributed by atoms with Gasteiger partial charge in [-0.3, -0.25) is 9.59 Å². The number of nitrogens with one attached hydrogen (secondary N) is 3. The number of benzene rings is 2. The Morgan fingerprint density at radius 3 is 2.50 bits per heavy atom. The molecule has 2 aromatic carbocycles. The molecule has 0 bridgehead atoms. The molecule has 1 atom stereocenters. The smallest absolute Gasteiger partial charge is 0.257 e. The monoisotopic (exact) mass is 515 g/mol. The van der Waals surface area contributed by atoms with Gasteiger partial charge in [0.2, 0.25) is 12.3 Å². The zero-order chi connectivity index (χ0) is 26.6. The minimum atomic E-state index is -2.64. The predicted molar refractivity (Wildman–Crippen MR) is 143 cm³/mol. The topological polar surface area (TPSA) is 90.1 Å². The highest BCUT2D eigenvalue weighted by atomic mass is 19.3. The fourth-order valence-corrected chi connectivity index (χ4v) is 4.68. The number of rotatable bonds is 8. The molecule has 0 aliphatic carbocycles. The van der Waals surface area contributed by atoms with Crippen LogP contribution in [-0.2, 0) is 11.2 Å². The molecule has 5 rings (SSSR count). The molecule has 1 aliphatic heterocycles. The van der Waals surface area contributed by atoms with Crippen LogP contribution in [0.2, 0.25) is 0 Å². The number of H-pyrrole nitrogens is 1. The zero-order valence-electron chi connectivity index (χ0n) is 20.7. The van der Waals surface area contributed by atoms with Crippen molar-refractivity contribution in [1.29, 1.82) is 0 Å². The molecule has 0 fully saturated rings. The Bertz CT molecular complexity index is 1440. The van der Waals surface area contributed by atoms with Crippen molar-refractivity contribution >= 4 is 29.0 Å². The van der Waals surface area contributed by atoms with Crippen LogP contribution in [0.5, 0.6) is 0 Å². The number of pyridine rings is 1. The first-order valence-corrected chi connectivity index (χ1v) is 12.3. The van der Waals surface area contributed by atoms with Gasteiger partial charge in [0.05, 0.1) is 22.9 Å². The first kappa shape index (κ1) is 25.1. The van der Waals surface area contributed by atoms with Crippen molar-refractivity contribution in [3.8, 4) is 11.3 Å². The lowest BCUT2D eigenvalue weighted by Crippen LogP contribution is -2.34. The summed E-state index contributed by atoms with van der Waals surface area (Å²) < 4.78 is 26.6. The number of para-hydroxylation sites is 1. The van der Waals surface area contributed by atoms with E-state index >= 15 is 0 Å². The number of alkyl halides is 2. The summed E-state index contributed by atoms with van der Waals surface area (Å²) in [4.78, 5) is 35.5. The Morgan fingerprint density at radius 1 is 1.08 bits per heavy atom. The third-order valence-electron chi connectivity index (χ3n) is 6.61. The first-order valence-electron chi connectivity index (χ1n) is 12.3. The van der Waals surface area contributed by atoms with Gasteiger partial charge < -0.3 is 20.5 Å². The maximum Gasteiger partial charge on any atom is 0.257 e. The molecule has 0 saturated heterocycles. The largest absolute Gasteiger partial charge is 0.356 e.